The molecule has 24 heavy (non-hydrogen) atoms. The largest absolute Gasteiger partial charge is 0.379 e. The Labute approximate surface area is 153 Å². The van der Waals surface area contributed by atoms with Gasteiger partial charge in [0.2, 0.25) is 0 Å². The summed E-state index contributed by atoms with van der Waals surface area (Å²) >= 11 is 0. The second-order valence-corrected chi connectivity index (χ2v) is 7.72. The van der Waals surface area contributed by atoms with Gasteiger partial charge in [-0.15, -0.1) is 0 Å². The van der Waals surface area contributed by atoms with Crippen molar-refractivity contribution in [3.8, 4) is 0 Å². The third kappa shape index (κ3) is 21.9. The molecule has 0 aromatic carbocycles. The van der Waals surface area contributed by atoms with E-state index in [4.69, 9.17) is 10.8 Å². The van der Waals surface area contributed by atoms with Gasteiger partial charge in [0.1, 0.15) is 6.23 Å². The van der Waals surface area contributed by atoms with Crippen molar-refractivity contribution in [1.29, 1.82) is 0 Å². The first-order valence-electron chi connectivity index (χ1n) is 11.2. The fourth-order valence-electron chi connectivity index (χ4n) is 3.43. The summed E-state index contributed by atoms with van der Waals surface area (Å²) in [6.45, 7) is 2.29. The lowest BCUT2D eigenvalue weighted by Crippen LogP contribution is -2.17. The van der Waals surface area contributed by atoms with E-state index in [1.807, 2.05) is 0 Å². The first kappa shape index (κ1) is 23.9. The van der Waals surface area contributed by atoms with E-state index in [-0.39, 0.29) is 0 Å². The van der Waals surface area contributed by atoms with Crippen LogP contribution in [-0.2, 0) is 0 Å². The van der Waals surface area contributed by atoms with Gasteiger partial charge < -0.3 is 10.8 Å². The van der Waals surface area contributed by atoms with Crippen LogP contribution >= 0.6 is 0 Å². The third-order valence-corrected chi connectivity index (χ3v) is 5.10. The Morgan fingerprint density at radius 1 is 0.500 bits per heavy atom. The molecule has 0 saturated carbocycles. The standard InChI is InChI=1S/C22H47NO/c1-2-3-4-5-6-7-8-9-10-11-12-13-14-15-16-17-18-19-20-21-22(23)24/h22,24H,2-21,23H2,1H3. The van der Waals surface area contributed by atoms with Crippen LogP contribution in [0.4, 0.5) is 0 Å². The molecular weight excluding hydrogens is 294 g/mol. The lowest BCUT2D eigenvalue weighted by molar-refractivity contribution is 0.168. The van der Waals surface area contributed by atoms with Crippen LogP contribution in [0.15, 0.2) is 0 Å². The summed E-state index contributed by atoms with van der Waals surface area (Å²) in [6.07, 6.45) is 26.7. The maximum Gasteiger partial charge on any atom is 0.102 e. The molecular formula is C22H47NO. The normalized spacial score (nSPS) is 12.6. The Morgan fingerprint density at radius 2 is 0.750 bits per heavy atom. The first-order chi connectivity index (χ1) is 11.8. The number of unbranched alkanes of at least 4 members (excludes halogenated alkanes) is 18. The molecule has 1 unspecified atom stereocenters. The van der Waals surface area contributed by atoms with Crippen molar-refractivity contribution >= 4 is 0 Å². The average Bonchev–Trinajstić information content (AvgIpc) is 2.56. The molecule has 2 nitrogen and oxygen atoms in total. The summed E-state index contributed by atoms with van der Waals surface area (Å²) < 4.78 is 0. The molecule has 1 atom stereocenters. The molecule has 0 aliphatic heterocycles. The average molecular weight is 342 g/mol. The molecule has 0 bridgehead atoms. The van der Waals surface area contributed by atoms with Crippen molar-refractivity contribution in [3.63, 3.8) is 0 Å². The van der Waals surface area contributed by atoms with Crippen LogP contribution in [0.25, 0.3) is 0 Å². The van der Waals surface area contributed by atoms with E-state index < -0.39 is 6.23 Å². The molecule has 0 aromatic heterocycles. The summed E-state index contributed by atoms with van der Waals surface area (Å²) in [5.74, 6) is 0. The van der Waals surface area contributed by atoms with Gasteiger partial charge in [-0.2, -0.15) is 0 Å². The molecule has 0 spiro atoms. The number of hydrogen-bond acceptors (Lipinski definition) is 2. The topological polar surface area (TPSA) is 46.2 Å². The molecule has 146 valence electrons. The number of nitrogens with two attached hydrogens (primary N) is 1. The fraction of sp³-hybridized carbons (Fsp3) is 1.00. The molecule has 0 saturated heterocycles. The predicted molar refractivity (Wildman–Crippen MR) is 108 cm³/mol. The molecule has 2 heteroatoms. The van der Waals surface area contributed by atoms with Gasteiger partial charge in [-0.05, 0) is 12.8 Å². The van der Waals surface area contributed by atoms with E-state index in [9.17, 15) is 0 Å². The van der Waals surface area contributed by atoms with E-state index >= 15 is 0 Å². The third-order valence-electron chi connectivity index (χ3n) is 5.10. The number of rotatable bonds is 20. The van der Waals surface area contributed by atoms with E-state index in [0.717, 1.165) is 12.8 Å². The summed E-state index contributed by atoms with van der Waals surface area (Å²) in [5, 5.41) is 8.97. The van der Waals surface area contributed by atoms with Crippen molar-refractivity contribution < 1.29 is 5.11 Å². The van der Waals surface area contributed by atoms with Gasteiger partial charge in [-0.25, -0.2) is 0 Å². The van der Waals surface area contributed by atoms with Gasteiger partial charge in [0.05, 0.1) is 0 Å². The minimum Gasteiger partial charge on any atom is -0.379 e. The van der Waals surface area contributed by atoms with Gasteiger partial charge >= 0.3 is 0 Å². The predicted octanol–water partition coefficient (Wildman–Crippen LogP) is 7.09. The summed E-state index contributed by atoms with van der Waals surface area (Å²) in [6, 6.07) is 0. The number of hydrogen-bond donors (Lipinski definition) is 2. The van der Waals surface area contributed by atoms with Crippen molar-refractivity contribution in [3.05, 3.63) is 0 Å². The molecule has 0 aliphatic carbocycles. The van der Waals surface area contributed by atoms with Crippen LogP contribution in [-0.4, -0.2) is 11.3 Å². The van der Waals surface area contributed by atoms with Gasteiger partial charge in [0.15, 0.2) is 0 Å². The van der Waals surface area contributed by atoms with Crippen molar-refractivity contribution in [2.75, 3.05) is 0 Å². The highest BCUT2D eigenvalue weighted by Crippen LogP contribution is 2.14. The summed E-state index contributed by atoms with van der Waals surface area (Å²) in [4.78, 5) is 0. The van der Waals surface area contributed by atoms with Crippen LogP contribution in [0.5, 0.6) is 0 Å². The van der Waals surface area contributed by atoms with Crippen LogP contribution in [0.3, 0.4) is 0 Å². The van der Waals surface area contributed by atoms with Crippen molar-refractivity contribution in [2.24, 2.45) is 5.73 Å². The lowest BCUT2D eigenvalue weighted by Gasteiger charge is -2.05. The van der Waals surface area contributed by atoms with Crippen LogP contribution < -0.4 is 5.73 Å². The Hall–Kier alpha value is -0.0800. The smallest absolute Gasteiger partial charge is 0.102 e. The molecule has 0 heterocycles. The number of aliphatic hydroxyl groups excluding tert-OH is 1. The Morgan fingerprint density at radius 3 is 1.00 bits per heavy atom. The van der Waals surface area contributed by atoms with Gasteiger partial charge in [0, 0.05) is 0 Å². The first-order valence-corrected chi connectivity index (χ1v) is 11.2. The molecule has 0 amide bonds. The van der Waals surface area contributed by atoms with E-state index in [0.29, 0.717) is 0 Å². The zero-order valence-corrected chi connectivity index (χ0v) is 16.7. The van der Waals surface area contributed by atoms with Gasteiger partial charge in [-0.1, -0.05) is 122 Å². The van der Waals surface area contributed by atoms with Crippen LogP contribution in [0.2, 0.25) is 0 Å². The lowest BCUT2D eigenvalue weighted by atomic mass is 10.0. The molecule has 0 fully saturated rings. The summed E-state index contributed by atoms with van der Waals surface area (Å²) in [5.41, 5.74) is 5.32. The van der Waals surface area contributed by atoms with E-state index in [1.165, 1.54) is 116 Å². The quantitative estimate of drug-likeness (QED) is 0.183. The fourth-order valence-corrected chi connectivity index (χ4v) is 3.43. The van der Waals surface area contributed by atoms with Gasteiger partial charge in [0.25, 0.3) is 0 Å². The second kappa shape index (κ2) is 21.0. The molecule has 0 aromatic rings. The molecule has 3 N–H and O–H groups in total. The van der Waals surface area contributed by atoms with E-state index in [1.54, 1.807) is 0 Å². The van der Waals surface area contributed by atoms with Crippen molar-refractivity contribution in [2.45, 2.75) is 142 Å². The molecule has 0 radical (unpaired) electrons. The van der Waals surface area contributed by atoms with Crippen LogP contribution in [0, 0.1) is 0 Å². The zero-order valence-electron chi connectivity index (χ0n) is 16.7. The minimum absolute atomic E-state index is 0.601. The zero-order chi connectivity index (χ0) is 17.7. The van der Waals surface area contributed by atoms with Crippen LogP contribution in [0.1, 0.15) is 135 Å². The number of aliphatic hydroxyl groups is 1. The van der Waals surface area contributed by atoms with Gasteiger partial charge in [-0.3, -0.25) is 0 Å². The minimum atomic E-state index is -0.601. The highest BCUT2D eigenvalue weighted by molar-refractivity contribution is 4.51. The second-order valence-electron chi connectivity index (χ2n) is 7.72. The molecule has 0 aliphatic rings. The van der Waals surface area contributed by atoms with Crippen molar-refractivity contribution in [1.82, 2.24) is 0 Å². The highest BCUT2D eigenvalue weighted by Gasteiger charge is 1.97. The Bertz CT molecular complexity index is 218. The monoisotopic (exact) mass is 341 g/mol. The maximum atomic E-state index is 8.97. The Kier molecular flexibility index (Phi) is 20.9. The highest BCUT2D eigenvalue weighted by atomic mass is 16.3. The maximum absolute atomic E-state index is 8.97. The SMILES string of the molecule is CCCCCCCCCCCCCCCCCCCCCC(N)O. The summed E-state index contributed by atoms with van der Waals surface area (Å²) in [7, 11) is 0. The van der Waals surface area contributed by atoms with E-state index in [2.05, 4.69) is 6.92 Å². The molecule has 0 rings (SSSR count). The Balaban J connectivity index is 2.95.